The van der Waals surface area contributed by atoms with Crippen LogP contribution in [-0.4, -0.2) is 54.8 Å². The summed E-state index contributed by atoms with van der Waals surface area (Å²) in [6.45, 7) is 1.67. The molecule has 2 aromatic rings. The van der Waals surface area contributed by atoms with Crippen LogP contribution >= 0.6 is 0 Å². The number of benzene rings is 1. The summed E-state index contributed by atoms with van der Waals surface area (Å²) in [5.74, 6) is -1.74. The Morgan fingerprint density at radius 1 is 1.09 bits per heavy atom. The van der Waals surface area contributed by atoms with Crippen LogP contribution in [0.25, 0.3) is 11.3 Å². The van der Waals surface area contributed by atoms with E-state index in [1.165, 1.54) is 0 Å². The zero-order valence-electron chi connectivity index (χ0n) is 18.3. The highest BCUT2D eigenvalue weighted by molar-refractivity contribution is 5.64. The quantitative estimate of drug-likeness (QED) is 0.666. The van der Waals surface area contributed by atoms with Gasteiger partial charge in [0.25, 0.3) is 0 Å². The maximum Gasteiger partial charge on any atom is 0.420 e. The fraction of sp³-hybridized carbons (Fsp3) is 0.565. The third-order valence-corrected chi connectivity index (χ3v) is 7.06. The molecule has 34 heavy (non-hydrogen) atoms. The Labute approximate surface area is 193 Å². The van der Waals surface area contributed by atoms with Crippen molar-refractivity contribution < 1.29 is 31.4 Å². The van der Waals surface area contributed by atoms with E-state index in [-0.39, 0.29) is 47.1 Å². The minimum Gasteiger partial charge on any atom is -0.376 e. The van der Waals surface area contributed by atoms with Crippen LogP contribution in [0.1, 0.15) is 24.8 Å². The number of hydrogen-bond donors (Lipinski definition) is 1. The van der Waals surface area contributed by atoms with E-state index in [0.29, 0.717) is 39.2 Å². The third kappa shape index (κ3) is 4.48. The summed E-state index contributed by atoms with van der Waals surface area (Å²) in [4.78, 5) is 1.65. The van der Waals surface area contributed by atoms with Gasteiger partial charge in [0.1, 0.15) is 17.2 Å². The number of anilines is 1. The fourth-order valence-electron chi connectivity index (χ4n) is 5.62. The van der Waals surface area contributed by atoms with Crippen LogP contribution in [0.3, 0.4) is 0 Å². The van der Waals surface area contributed by atoms with Crippen molar-refractivity contribution in [3.05, 3.63) is 41.5 Å². The van der Waals surface area contributed by atoms with Gasteiger partial charge in [-0.2, -0.15) is 13.2 Å². The van der Waals surface area contributed by atoms with Crippen LogP contribution in [0.15, 0.2) is 24.3 Å². The van der Waals surface area contributed by atoms with E-state index in [0.717, 1.165) is 30.7 Å². The molecule has 2 aliphatic heterocycles. The van der Waals surface area contributed by atoms with Crippen molar-refractivity contribution in [1.29, 1.82) is 0 Å². The molecule has 2 saturated heterocycles. The molecule has 3 heterocycles. The summed E-state index contributed by atoms with van der Waals surface area (Å²) in [6, 6.07) is 3.02. The average molecular weight is 484 g/mol. The van der Waals surface area contributed by atoms with Crippen molar-refractivity contribution in [3.8, 4) is 11.3 Å². The Balaban J connectivity index is 1.53. The Kier molecular flexibility index (Phi) is 6.19. The first-order chi connectivity index (χ1) is 16.2. The van der Waals surface area contributed by atoms with Gasteiger partial charge in [-0.25, -0.2) is 8.78 Å². The molecule has 1 aromatic carbocycles. The second-order valence-electron chi connectivity index (χ2n) is 9.27. The number of alkyl halides is 3. The first-order valence-electron chi connectivity index (χ1n) is 11.3. The SMILES string of the molecule is N[C@H]1C[C@@H]2CN(c3nnc(-c4cc(F)ccc4F)cc3C(F)(F)F)[C@@H](C[C@@H]3COCCO3)[C@H]2C1. The minimum atomic E-state index is -4.77. The second kappa shape index (κ2) is 9.01. The lowest BCUT2D eigenvalue weighted by Gasteiger charge is -2.34. The van der Waals surface area contributed by atoms with Crippen molar-refractivity contribution >= 4 is 5.82 Å². The number of hydrogen-bond acceptors (Lipinski definition) is 6. The summed E-state index contributed by atoms with van der Waals surface area (Å²) in [7, 11) is 0. The molecule has 184 valence electrons. The van der Waals surface area contributed by atoms with Crippen molar-refractivity contribution in [3.63, 3.8) is 0 Å². The van der Waals surface area contributed by atoms with Crippen molar-refractivity contribution in [2.45, 2.75) is 43.6 Å². The summed E-state index contributed by atoms with van der Waals surface area (Å²) in [5.41, 5.74) is 4.38. The zero-order chi connectivity index (χ0) is 24.0. The molecule has 1 aromatic heterocycles. The van der Waals surface area contributed by atoms with E-state index >= 15 is 0 Å². The van der Waals surface area contributed by atoms with E-state index in [1.807, 2.05) is 0 Å². The monoisotopic (exact) mass is 484 g/mol. The topological polar surface area (TPSA) is 73.5 Å². The van der Waals surface area contributed by atoms with E-state index in [9.17, 15) is 22.0 Å². The summed E-state index contributed by atoms with van der Waals surface area (Å²) in [6.07, 6.45) is -3.10. The van der Waals surface area contributed by atoms with Crippen LogP contribution in [0.5, 0.6) is 0 Å². The van der Waals surface area contributed by atoms with Crippen LogP contribution in [-0.2, 0) is 15.7 Å². The third-order valence-electron chi connectivity index (χ3n) is 7.06. The summed E-state index contributed by atoms with van der Waals surface area (Å²) >= 11 is 0. The van der Waals surface area contributed by atoms with Gasteiger partial charge in [-0.3, -0.25) is 0 Å². The summed E-state index contributed by atoms with van der Waals surface area (Å²) < 4.78 is 81.7. The van der Waals surface area contributed by atoms with Crippen LogP contribution in [0, 0.1) is 23.5 Å². The van der Waals surface area contributed by atoms with E-state index in [2.05, 4.69) is 10.2 Å². The number of aromatic nitrogens is 2. The molecular formula is C23H25F5N4O2. The number of nitrogens with two attached hydrogens (primary N) is 1. The fourth-order valence-corrected chi connectivity index (χ4v) is 5.62. The smallest absolute Gasteiger partial charge is 0.376 e. The van der Waals surface area contributed by atoms with E-state index in [1.54, 1.807) is 4.90 Å². The van der Waals surface area contributed by atoms with Gasteiger partial charge in [-0.05, 0) is 55.4 Å². The molecule has 1 aliphatic carbocycles. The lowest BCUT2D eigenvalue weighted by atomic mass is 9.90. The molecule has 3 aliphatic rings. The molecule has 0 unspecified atom stereocenters. The van der Waals surface area contributed by atoms with E-state index in [4.69, 9.17) is 15.2 Å². The van der Waals surface area contributed by atoms with Crippen LogP contribution < -0.4 is 10.6 Å². The Hall–Kier alpha value is -2.37. The number of ether oxygens (including phenoxy) is 2. The highest BCUT2D eigenvalue weighted by Gasteiger charge is 2.50. The zero-order valence-corrected chi connectivity index (χ0v) is 18.3. The Morgan fingerprint density at radius 3 is 2.65 bits per heavy atom. The molecule has 5 rings (SSSR count). The molecule has 0 spiro atoms. The lowest BCUT2D eigenvalue weighted by molar-refractivity contribution is -0.137. The van der Waals surface area contributed by atoms with Gasteiger partial charge in [-0.1, -0.05) is 0 Å². The van der Waals surface area contributed by atoms with Gasteiger partial charge in [-0.15, -0.1) is 10.2 Å². The highest BCUT2D eigenvalue weighted by atomic mass is 19.4. The lowest BCUT2D eigenvalue weighted by Crippen LogP contribution is -2.41. The Morgan fingerprint density at radius 2 is 1.91 bits per heavy atom. The van der Waals surface area contributed by atoms with Crippen molar-refractivity contribution in [2.24, 2.45) is 17.6 Å². The predicted molar refractivity (Wildman–Crippen MR) is 113 cm³/mol. The predicted octanol–water partition coefficient (Wildman–Crippen LogP) is 3.79. The molecule has 6 nitrogen and oxygen atoms in total. The number of fused-ring (bicyclic) bond motifs is 1. The normalized spacial score (nSPS) is 29.5. The summed E-state index contributed by atoms with van der Waals surface area (Å²) in [5, 5.41) is 7.81. The first-order valence-corrected chi connectivity index (χ1v) is 11.3. The van der Waals surface area contributed by atoms with E-state index < -0.39 is 23.4 Å². The number of nitrogens with zero attached hydrogens (tertiary/aromatic N) is 3. The van der Waals surface area contributed by atoms with Crippen LogP contribution in [0.2, 0.25) is 0 Å². The molecule has 0 amide bonds. The van der Waals surface area contributed by atoms with Gasteiger partial charge in [0.15, 0.2) is 5.82 Å². The maximum atomic E-state index is 14.2. The number of rotatable bonds is 4. The minimum absolute atomic E-state index is 0.00896. The molecule has 1 saturated carbocycles. The van der Waals surface area contributed by atoms with Crippen molar-refractivity contribution in [2.75, 3.05) is 31.3 Å². The van der Waals surface area contributed by atoms with Gasteiger partial charge in [0.2, 0.25) is 0 Å². The van der Waals surface area contributed by atoms with Gasteiger partial charge >= 0.3 is 6.18 Å². The molecule has 3 fully saturated rings. The number of halogens is 5. The standard InChI is InChI=1S/C23H25F5N4O2/c24-13-1-2-19(25)17(6-13)20-9-18(23(26,27)28)22(31-30-20)32-10-12-5-14(29)7-16(12)21(32)8-15-11-33-3-4-34-15/h1-2,6,9,12,14-16,21H,3-5,7-8,10-11,29H2/t12-,14+,15-,16+,21+/m1/s1. The van der Waals surface area contributed by atoms with Gasteiger partial charge < -0.3 is 20.1 Å². The van der Waals surface area contributed by atoms with Gasteiger partial charge in [0, 0.05) is 24.2 Å². The molecule has 11 heteroatoms. The maximum absolute atomic E-state index is 14.2. The van der Waals surface area contributed by atoms with Crippen molar-refractivity contribution in [1.82, 2.24) is 10.2 Å². The average Bonchev–Trinajstić information content (AvgIpc) is 3.32. The molecule has 2 N–H and O–H groups in total. The largest absolute Gasteiger partial charge is 0.420 e. The molecule has 0 radical (unpaired) electrons. The second-order valence-corrected chi connectivity index (χ2v) is 9.27. The Bertz CT molecular complexity index is 1050. The molecule has 5 atom stereocenters. The van der Waals surface area contributed by atoms with Gasteiger partial charge in [0.05, 0.1) is 31.6 Å². The van der Waals surface area contributed by atoms with Crippen LogP contribution in [0.4, 0.5) is 27.8 Å². The first kappa shape index (κ1) is 23.4. The highest BCUT2D eigenvalue weighted by Crippen LogP contribution is 2.47. The molecule has 0 bridgehead atoms. The molecular weight excluding hydrogens is 459 g/mol.